The summed E-state index contributed by atoms with van der Waals surface area (Å²) in [6.45, 7) is 1.77. The number of nitrogens with one attached hydrogen (secondary N) is 2. The number of hydrogen-bond acceptors (Lipinski definition) is 2. The first kappa shape index (κ1) is 15.8. The topological polar surface area (TPSA) is 61.4 Å². The number of carbonyl (C=O) groups is 2. The summed E-state index contributed by atoms with van der Waals surface area (Å²) in [6, 6.07) is 9.57. The highest BCUT2D eigenvalue weighted by atomic mass is 16.2. The van der Waals surface area contributed by atoms with Gasteiger partial charge in [0.05, 0.1) is 0 Å². The number of amides is 3. The normalized spacial score (nSPS) is 23.2. The van der Waals surface area contributed by atoms with Crippen LogP contribution in [-0.4, -0.2) is 42.5 Å². The summed E-state index contributed by atoms with van der Waals surface area (Å²) in [7, 11) is 0. The number of piperidine rings is 1. The predicted molar refractivity (Wildman–Crippen MR) is 89.2 cm³/mol. The number of likely N-dealkylation sites (tertiary alicyclic amines) is 1. The number of urea groups is 1. The van der Waals surface area contributed by atoms with Gasteiger partial charge < -0.3 is 15.5 Å². The molecule has 0 aromatic heterocycles. The summed E-state index contributed by atoms with van der Waals surface area (Å²) in [5.41, 5.74) is 0.642. The molecule has 1 aliphatic carbocycles. The zero-order valence-corrected chi connectivity index (χ0v) is 13.5. The van der Waals surface area contributed by atoms with Crippen LogP contribution in [0.5, 0.6) is 0 Å². The summed E-state index contributed by atoms with van der Waals surface area (Å²) >= 11 is 0. The first-order chi connectivity index (χ1) is 11.3. The van der Waals surface area contributed by atoms with Crippen LogP contribution >= 0.6 is 0 Å². The van der Waals surface area contributed by atoms with Gasteiger partial charge in [0, 0.05) is 31.2 Å². The van der Waals surface area contributed by atoms with Crippen LogP contribution in [0, 0.1) is 5.92 Å². The van der Waals surface area contributed by atoms with Crippen molar-refractivity contribution < 1.29 is 9.59 Å². The zero-order chi connectivity index (χ0) is 16.1. The van der Waals surface area contributed by atoms with E-state index in [1.54, 1.807) is 12.1 Å². The minimum Gasteiger partial charge on any atom is -0.350 e. The summed E-state index contributed by atoms with van der Waals surface area (Å²) in [4.78, 5) is 26.3. The molecule has 1 saturated carbocycles. The van der Waals surface area contributed by atoms with Crippen molar-refractivity contribution in [1.29, 1.82) is 0 Å². The molecule has 3 amide bonds. The molecule has 5 nitrogen and oxygen atoms in total. The Kier molecular flexibility index (Phi) is 5.16. The smallest absolute Gasteiger partial charge is 0.317 e. The van der Waals surface area contributed by atoms with Crippen molar-refractivity contribution >= 4 is 11.9 Å². The summed E-state index contributed by atoms with van der Waals surface area (Å²) in [6.07, 6.45) is 6.03. The fourth-order valence-electron chi connectivity index (χ4n) is 3.84. The third kappa shape index (κ3) is 3.84. The highest BCUT2D eigenvalue weighted by molar-refractivity contribution is 5.94. The third-order valence-corrected chi connectivity index (χ3v) is 4.98. The van der Waals surface area contributed by atoms with Crippen LogP contribution < -0.4 is 10.6 Å². The molecule has 23 heavy (non-hydrogen) atoms. The van der Waals surface area contributed by atoms with Crippen molar-refractivity contribution in [2.24, 2.45) is 5.92 Å². The average Bonchev–Trinajstić information content (AvgIpc) is 3.07. The molecule has 2 fully saturated rings. The molecular formula is C18H25N3O2. The lowest BCUT2D eigenvalue weighted by molar-refractivity contribution is 0.0952. The molecule has 1 aliphatic heterocycles. The fraction of sp³-hybridized carbons (Fsp3) is 0.556. The Morgan fingerprint density at radius 3 is 2.57 bits per heavy atom. The van der Waals surface area contributed by atoms with Gasteiger partial charge in [-0.1, -0.05) is 24.6 Å². The van der Waals surface area contributed by atoms with Crippen molar-refractivity contribution in [2.45, 2.75) is 38.1 Å². The number of fused-ring (bicyclic) bond motifs is 1. The Bertz CT molecular complexity index is 546. The molecule has 1 aromatic carbocycles. The van der Waals surface area contributed by atoms with E-state index < -0.39 is 0 Å². The van der Waals surface area contributed by atoms with Crippen LogP contribution in [0.2, 0.25) is 0 Å². The first-order valence-corrected chi connectivity index (χ1v) is 8.63. The number of hydrogen-bond donors (Lipinski definition) is 2. The van der Waals surface area contributed by atoms with E-state index in [1.807, 2.05) is 23.1 Å². The van der Waals surface area contributed by atoms with Crippen LogP contribution in [0.25, 0.3) is 0 Å². The number of rotatable bonds is 4. The lowest BCUT2D eigenvalue weighted by Crippen LogP contribution is -2.51. The van der Waals surface area contributed by atoms with E-state index in [1.165, 1.54) is 19.3 Å². The molecule has 2 atom stereocenters. The van der Waals surface area contributed by atoms with Gasteiger partial charge in [0.25, 0.3) is 5.91 Å². The lowest BCUT2D eigenvalue weighted by atomic mass is 9.92. The summed E-state index contributed by atoms with van der Waals surface area (Å²) in [5.74, 6) is 0.598. The van der Waals surface area contributed by atoms with Crippen LogP contribution in [0.4, 0.5) is 4.79 Å². The fourth-order valence-corrected chi connectivity index (χ4v) is 3.84. The Balaban J connectivity index is 1.40. The Morgan fingerprint density at radius 2 is 1.74 bits per heavy atom. The Labute approximate surface area is 137 Å². The number of carbonyl (C=O) groups excluding carboxylic acids is 2. The number of nitrogens with zero attached hydrogens (tertiary/aromatic N) is 1. The second-order valence-corrected chi connectivity index (χ2v) is 6.45. The molecule has 3 rings (SSSR count). The van der Waals surface area contributed by atoms with E-state index in [4.69, 9.17) is 0 Å². The zero-order valence-electron chi connectivity index (χ0n) is 13.5. The van der Waals surface area contributed by atoms with E-state index in [9.17, 15) is 9.59 Å². The predicted octanol–water partition coefficient (Wildman–Crippen LogP) is 2.39. The molecule has 1 saturated heterocycles. The summed E-state index contributed by atoms with van der Waals surface area (Å²) < 4.78 is 0. The maximum atomic E-state index is 12.4. The quantitative estimate of drug-likeness (QED) is 0.838. The van der Waals surface area contributed by atoms with Gasteiger partial charge in [0.1, 0.15) is 0 Å². The van der Waals surface area contributed by atoms with Gasteiger partial charge in [-0.15, -0.1) is 0 Å². The molecular weight excluding hydrogens is 290 g/mol. The van der Waals surface area contributed by atoms with Gasteiger partial charge in [-0.05, 0) is 43.7 Å². The van der Waals surface area contributed by atoms with Crippen LogP contribution in [0.15, 0.2) is 30.3 Å². The maximum absolute atomic E-state index is 12.4. The maximum Gasteiger partial charge on any atom is 0.317 e. The van der Waals surface area contributed by atoms with Crippen LogP contribution in [0.1, 0.15) is 42.5 Å². The van der Waals surface area contributed by atoms with Crippen molar-refractivity contribution in [1.82, 2.24) is 15.5 Å². The highest BCUT2D eigenvalue weighted by Crippen LogP contribution is 2.36. The SMILES string of the molecule is O=C(NCCNC(=O)N1CCC[C@H]2CCC[C@H]21)c1ccccc1. The van der Waals surface area contributed by atoms with E-state index >= 15 is 0 Å². The minimum atomic E-state index is -0.103. The monoisotopic (exact) mass is 315 g/mol. The standard InChI is InChI=1S/C18H25N3O2/c22-17(15-6-2-1-3-7-15)19-11-12-20-18(23)21-13-5-9-14-8-4-10-16(14)21/h1-3,6-7,14,16H,4-5,8-13H2,(H,19,22)(H,20,23)/t14-,16-/m1/s1. The second kappa shape index (κ2) is 7.49. The van der Waals surface area contributed by atoms with Gasteiger partial charge in [-0.3, -0.25) is 4.79 Å². The van der Waals surface area contributed by atoms with E-state index in [-0.39, 0.29) is 11.9 Å². The second-order valence-electron chi connectivity index (χ2n) is 6.45. The van der Waals surface area contributed by atoms with Crippen LogP contribution in [-0.2, 0) is 0 Å². The average molecular weight is 315 g/mol. The van der Waals surface area contributed by atoms with Gasteiger partial charge in [0.2, 0.25) is 0 Å². The Hall–Kier alpha value is -2.04. The molecule has 0 bridgehead atoms. The molecule has 2 N–H and O–H groups in total. The summed E-state index contributed by atoms with van der Waals surface area (Å²) in [5, 5.41) is 5.78. The van der Waals surface area contributed by atoms with E-state index in [0.717, 1.165) is 19.4 Å². The van der Waals surface area contributed by atoms with Gasteiger partial charge in [0.15, 0.2) is 0 Å². The van der Waals surface area contributed by atoms with Crippen molar-refractivity contribution in [3.05, 3.63) is 35.9 Å². The molecule has 0 radical (unpaired) electrons. The lowest BCUT2D eigenvalue weighted by Gasteiger charge is -2.37. The molecule has 0 spiro atoms. The largest absolute Gasteiger partial charge is 0.350 e. The Morgan fingerprint density at radius 1 is 1.00 bits per heavy atom. The van der Waals surface area contributed by atoms with E-state index in [2.05, 4.69) is 10.6 Å². The molecule has 0 unspecified atom stereocenters. The number of benzene rings is 1. The third-order valence-electron chi connectivity index (χ3n) is 4.98. The highest BCUT2D eigenvalue weighted by Gasteiger charge is 2.37. The van der Waals surface area contributed by atoms with Crippen molar-refractivity contribution in [2.75, 3.05) is 19.6 Å². The van der Waals surface area contributed by atoms with E-state index in [0.29, 0.717) is 30.6 Å². The molecule has 124 valence electrons. The molecule has 1 heterocycles. The first-order valence-electron chi connectivity index (χ1n) is 8.63. The molecule has 2 aliphatic rings. The van der Waals surface area contributed by atoms with Gasteiger partial charge in [-0.2, -0.15) is 0 Å². The van der Waals surface area contributed by atoms with Crippen molar-refractivity contribution in [3.63, 3.8) is 0 Å². The van der Waals surface area contributed by atoms with Crippen molar-refractivity contribution in [3.8, 4) is 0 Å². The van der Waals surface area contributed by atoms with Gasteiger partial charge >= 0.3 is 6.03 Å². The molecule has 5 heteroatoms. The van der Waals surface area contributed by atoms with Gasteiger partial charge in [-0.25, -0.2) is 4.79 Å². The minimum absolute atomic E-state index is 0.0237. The molecule has 1 aromatic rings. The van der Waals surface area contributed by atoms with Crippen LogP contribution in [0.3, 0.4) is 0 Å².